The van der Waals surface area contributed by atoms with Crippen molar-refractivity contribution in [3.63, 3.8) is 0 Å². The van der Waals surface area contributed by atoms with Gasteiger partial charge in [0, 0.05) is 24.8 Å². The molecule has 17 heavy (non-hydrogen) atoms. The molecule has 1 rings (SSSR count). The van der Waals surface area contributed by atoms with E-state index in [9.17, 15) is 0 Å². The quantitative estimate of drug-likeness (QED) is 0.465. The largest absolute Gasteiger partial charge is 0.370 e. The first-order valence-electron chi connectivity index (χ1n) is 5.59. The van der Waals surface area contributed by atoms with Crippen LogP contribution in [0.1, 0.15) is 23.9 Å². The van der Waals surface area contributed by atoms with Gasteiger partial charge in [-0.05, 0) is 20.8 Å². The van der Waals surface area contributed by atoms with Crippen LogP contribution in [0.5, 0.6) is 0 Å². The predicted octanol–water partition coefficient (Wildman–Crippen LogP) is 1.02. The molecule has 1 aromatic rings. The Morgan fingerprint density at radius 3 is 2.65 bits per heavy atom. The lowest BCUT2D eigenvalue weighted by molar-refractivity contribution is 0.730. The second-order valence-corrected chi connectivity index (χ2v) is 4.29. The molecular formula is C12H21N5. The minimum absolute atomic E-state index is 0.440. The third kappa shape index (κ3) is 3.62. The molecule has 0 spiro atoms. The maximum atomic E-state index is 5.75. The van der Waals surface area contributed by atoms with Crippen molar-refractivity contribution >= 4 is 5.96 Å². The summed E-state index contributed by atoms with van der Waals surface area (Å²) < 4.78 is 1.86. The minimum Gasteiger partial charge on any atom is -0.370 e. The van der Waals surface area contributed by atoms with Gasteiger partial charge in [-0.15, -0.1) is 0 Å². The normalized spacial score (nSPS) is 11.6. The average molecular weight is 235 g/mol. The topological polar surface area (TPSA) is 68.2 Å². The number of aromatic nitrogens is 2. The minimum atomic E-state index is 0.440. The van der Waals surface area contributed by atoms with Gasteiger partial charge in [-0.25, -0.2) is 4.99 Å². The maximum absolute atomic E-state index is 5.75. The number of aryl methyl sites for hydroxylation is 2. The van der Waals surface area contributed by atoms with E-state index in [4.69, 9.17) is 5.73 Å². The standard InChI is InChI=1S/C12H21N5/c1-8(2)6-14-12(13)15-7-11-9(3)16-17(5)10(11)4/h1,6-7H2,2-5H3,(H3,13,14,15). The first-order chi connectivity index (χ1) is 7.91. The van der Waals surface area contributed by atoms with Crippen molar-refractivity contribution in [1.29, 1.82) is 0 Å². The molecule has 0 atom stereocenters. The number of hydrogen-bond acceptors (Lipinski definition) is 2. The second-order valence-electron chi connectivity index (χ2n) is 4.29. The van der Waals surface area contributed by atoms with Crippen LogP contribution >= 0.6 is 0 Å². The Morgan fingerprint density at radius 2 is 2.18 bits per heavy atom. The molecule has 0 radical (unpaired) electrons. The summed E-state index contributed by atoms with van der Waals surface area (Å²) in [6.07, 6.45) is 0. The van der Waals surface area contributed by atoms with E-state index in [0.29, 0.717) is 19.0 Å². The number of nitrogens with two attached hydrogens (primary N) is 1. The second kappa shape index (κ2) is 5.52. The summed E-state index contributed by atoms with van der Waals surface area (Å²) in [6, 6.07) is 0. The van der Waals surface area contributed by atoms with Gasteiger partial charge in [0.15, 0.2) is 5.96 Å². The SMILES string of the molecule is C=C(C)CNC(N)=NCc1c(C)nn(C)c1C. The molecule has 5 nitrogen and oxygen atoms in total. The summed E-state index contributed by atoms with van der Waals surface area (Å²) in [5.41, 5.74) is 10.0. The van der Waals surface area contributed by atoms with Crippen LogP contribution < -0.4 is 11.1 Å². The highest BCUT2D eigenvalue weighted by molar-refractivity contribution is 5.78. The first-order valence-corrected chi connectivity index (χ1v) is 5.59. The molecule has 1 heterocycles. The van der Waals surface area contributed by atoms with Gasteiger partial charge >= 0.3 is 0 Å². The molecule has 3 N–H and O–H groups in total. The van der Waals surface area contributed by atoms with Gasteiger partial charge in [0.2, 0.25) is 0 Å². The fourth-order valence-electron chi connectivity index (χ4n) is 1.51. The van der Waals surface area contributed by atoms with Crippen molar-refractivity contribution in [2.24, 2.45) is 17.8 Å². The van der Waals surface area contributed by atoms with Crippen LogP contribution in [0.4, 0.5) is 0 Å². The third-order valence-corrected chi connectivity index (χ3v) is 2.64. The van der Waals surface area contributed by atoms with E-state index in [2.05, 4.69) is 22.0 Å². The lowest BCUT2D eigenvalue weighted by atomic mass is 10.2. The summed E-state index contributed by atoms with van der Waals surface area (Å²) in [5, 5.41) is 7.33. The Bertz CT molecular complexity index is 442. The Kier molecular flexibility index (Phi) is 4.31. The molecule has 0 aromatic carbocycles. The Balaban J connectivity index is 2.65. The fraction of sp³-hybridized carbons (Fsp3) is 0.500. The summed E-state index contributed by atoms with van der Waals surface area (Å²) in [7, 11) is 1.93. The lowest BCUT2D eigenvalue weighted by Crippen LogP contribution is -2.32. The van der Waals surface area contributed by atoms with E-state index >= 15 is 0 Å². The van der Waals surface area contributed by atoms with Gasteiger partial charge in [-0.2, -0.15) is 5.10 Å². The van der Waals surface area contributed by atoms with Gasteiger partial charge in [-0.1, -0.05) is 12.2 Å². The van der Waals surface area contributed by atoms with E-state index in [1.807, 2.05) is 32.5 Å². The molecule has 0 bridgehead atoms. The number of nitrogens with one attached hydrogen (secondary N) is 1. The van der Waals surface area contributed by atoms with Crippen molar-refractivity contribution in [2.75, 3.05) is 6.54 Å². The molecule has 94 valence electrons. The van der Waals surface area contributed by atoms with Crippen LogP contribution in [-0.4, -0.2) is 22.3 Å². The number of aliphatic imine (C=N–C) groups is 1. The van der Waals surface area contributed by atoms with Crippen LogP contribution in [0, 0.1) is 13.8 Å². The zero-order valence-corrected chi connectivity index (χ0v) is 11.0. The van der Waals surface area contributed by atoms with Gasteiger partial charge < -0.3 is 11.1 Å². The highest BCUT2D eigenvalue weighted by Crippen LogP contribution is 2.12. The summed E-state index contributed by atoms with van der Waals surface area (Å²) in [6.45, 7) is 11.0. The van der Waals surface area contributed by atoms with Crippen LogP contribution in [0.3, 0.4) is 0 Å². The van der Waals surface area contributed by atoms with E-state index in [1.54, 1.807) is 0 Å². The van der Waals surface area contributed by atoms with Crippen LogP contribution in [0.15, 0.2) is 17.1 Å². The Labute approximate surface area is 102 Å². The molecular weight excluding hydrogens is 214 g/mol. The smallest absolute Gasteiger partial charge is 0.189 e. The molecule has 0 unspecified atom stereocenters. The maximum Gasteiger partial charge on any atom is 0.189 e. The van der Waals surface area contributed by atoms with Gasteiger partial charge in [0.1, 0.15) is 0 Å². The molecule has 5 heteroatoms. The van der Waals surface area contributed by atoms with E-state index in [-0.39, 0.29) is 0 Å². The molecule has 0 amide bonds. The summed E-state index contributed by atoms with van der Waals surface area (Å²) in [4.78, 5) is 4.29. The molecule has 0 fully saturated rings. The summed E-state index contributed by atoms with van der Waals surface area (Å²) >= 11 is 0. The van der Waals surface area contributed by atoms with Gasteiger partial charge in [0.05, 0.1) is 12.2 Å². The van der Waals surface area contributed by atoms with Crippen molar-refractivity contribution < 1.29 is 0 Å². The van der Waals surface area contributed by atoms with Gasteiger partial charge in [0.25, 0.3) is 0 Å². The zero-order valence-electron chi connectivity index (χ0n) is 11.0. The van der Waals surface area contributed by atoms with E-state index in [0.717, 1.165) is 22.5 Å². The molecule has 0 aliphatic heterocycles. The number of hydrogen-bond donors (Lipinski definition) is 2. The highest BCUT2D eigenvalue weighted by Gasteiger charge is 2.08. The monoisotopic (exact) mass is 235 g/mol. The molecule has 1 aromatic heterocycles. The number of nitrogens with zero attached hydrogens (tertiary/aromatic N) is 3. The lowest BCUT2D eigenvalue weighted by Gasteiger charge is -2.05. The van der Waals surface area contributed by atoms with Gasteiger partial charge in [-0.3, -0.25) is 4.68 Å². The van der Waals surface area contributed by atoms with Crippen LogP contribution in [0.2, 0.25) is 0 Å². The Hall–Kier alpha value is -1.78. The number of guanidine groups is 1. The highest BCUT2D eigenvalue weighted by atomic mass is 15.3. The third-order valence-electron chi connectivity index (χ3n) is 2.64. The average Bonchev–Trinajstić information content (AvgIpc) is 2.48. The van der Waals surface area contributed by atoms with E-state index < -0.39 is 0 Å². The number of rotatable bonds is 4. The van der Waals surface area contributed by atoms with E-state index in [1.165, 1.54) is 0 Å². The Morgan fingerprint density at radius 1 is 1.53 bits per heavy atom. The van der Waals surface area contributed by atoms with Crippen molar-refractivity contribution in [3.05, 3.63) is 29.1 Å². The molecule has 0 aliphatic rings. The summed E-state index contributed by atoms with van der Waals surface area (Å²) in [5.74, 6) is 0.440. The van der Waals surface area contributed by atoms with Crippen molar-refractivity contribution in [3.8, 4) is 0 Å². The fourth-order valence-corrected chi connectivity index (χ4v) is 1.51. The van der Waals surface area contributed by atoms with Crippen molar-refractivity contribution in [2.45, 2.75) is 27.3 Å². The zero-order chi connectivity index (χ0) is 13.0. The first kappa shape index (κ1) is 13.3. The van der Waals surface area contributed by atoms with Crippen molar-refractivity contribution in [1.82, 2.24) is 15.1 Å². The predicted molar refractivity (Wildman–Crippen MR) is 70.8 cm³/mol. The molecule has 0 saturated heterocycles. The molecule has 0 aliphatic carbocycles. The van der Waals surface area contributed by atoms with Crippen LogP contribution in [-0.2, 0) is 13.6 Å². The van der Waals surface area contributed by atoms with Crippen LogP contribution in [0.25, 0.3) is 0 Å². The molecule has 0 saturated carbocycles.